The van der Waals surface area contributed by atoms with Crippen molar-refractivity contribution in [3.05, 3.63) is 57.3 Å². The lowest BCUT2D eigenvalue weighted by Gasteiger charge is -2.20. The van der Waals surface area contributed by atoms with E-state index < -0.39 is 11.7 Å². The second-order valence-electron chi connectivity index (χ2n) is 6.75. The van der Waals surface area contributed by atoms with Crippen LogP contribution >= 0.6 is 15.9 Å². The molecule has 0 unspecified atom stereocenters. The summed E-state index contributed by atoms with van der Waals surface area (Å²) in [7, 11) is 0. The molecule has 0 aliphatic heterocycles. The Kier molecular flexibility index (Phi) is 4.82. The number of para-hydroxylation sites is 1. The number of anilines is 1. The van der Waals surface area contributed by atoms with Crippen molar-refractivity contribution in [2.45, 2.75) is 26.4 Å². The van der Waals surface area contributed by atoms with Crippen LogP contribution in [-0.2, 0) is 4.74 Å². The van der Waals surface area contributed by atoms with E-state index in [1.54, 1.807) is 51.1 Å². The summed E-state index contributed by atoms with van der Waals surface area (Å²) in [5, 5.41) is 3.23. The van der Waals surface area contributed by atoms with Gasteiger partial charge < -0.3 is 9.72 Å². The third-order valence-electron chi connectivity index (χ3n) is 3.49. The van der Waals surface area contributed by atoms with Crippen molar-refractivity contribution in [1.82, 2.24) is 9.97 Å². The van der Waals surface area contributed by atoms with Crippen molar-refractivity contribution in [3.8, 4) is 11.4 Å². The molecule has 1 heterocycles. The zero-order chi connectivity index (χ0) is 18.9. The summed E-state index contributed by atoms with van der Waals surface area (Å²) in [4.78, 5) is 31.8. The lowest BCUT2D eigenvalue weighted by atomic mass is 10.1. The molecule has 26 heavy (non-hydrogen) atoms. The van der Waals surface area contributed by atoms with Gasteiger partial charge in [-0.05, 0) is 51.1 Å². The van der Waals surface area contributed by atoms with Gasteiger partial charge in [0.1, 0.15) is 11.4 Å². The molecule has 1 aromatic heterocycles. The highest BCUT2D eigenvalue weighted by atomic mass is 79.9. The average Bonchev–Trinajstić information content (AvgIpc) is 2.53. The number of rotatable bonds is 2. The second-order valence-corrected chi connectivity index (χ2v) is 7.66. The first kappa shape index (κ1) is 18.1. The number of halogens is 1. The molecule has 0 aliphatic rings. The number of aromatic amines is 1. The number of ether oxygens (including phenoxy) is 1. The SMILES string of the molecule is CC(C)(C)OC(=O)Nc1cc(Br)ccc1-c1nc2ccccc2c(=O)[nH]1. The molecule has 0 saturated carbocycles. The van der Waals surface area contributed by atoms with Crippen molar-refractivity contribution in [2.75, 3.05) is 5.32 Å². The molecule has 0 bridgehead atoms. The minimum Gasteiger partial charge on any atom is -0.444 e. The normalized spacial score (nSPS) is 11.4. The zero-order valence-electron chi connectivity index (χ0n) is 14.6. The molecule has 0 fully saturated rings. The van der Waals surface area contributed by atoms with Gasteiger partial charge in [0.25, 0.3) is 5.56 Å². The number of nitrogens with one attached hydrogen (secondary N) is 2. The van der Waals surface area contributed by atoms with Gasteiger partial charge in [0.05, 0.1) is 16.6 Å². The molecule has 7 heteroatoms. The summed E-state index contributed by atoms with van der Waals surface area (Å²) in [5.74, 6) is 0.368. The van der Waals surface area contributed by atoms with E-state index in [0.29, 0.717) is 28.0 Å². The topological polar surface area (TPSA) is 84.1 Å². The van der Waals surface area contributed by atoms with Crippen LogP contribution in [0.15, 0.2) is 51.7 Å². The van der Waals surface area contributed by atoms with Crippen molar-refractivity contribution >= 4 is 38.6 Å². The van der Waals surface area contributed by atoms with Gasteiger partial charge in [0, 0.05) is 10.0 Å². The van der Waals surface area contributed by atoms with Crippen molar-refractivity contribution in [1.29, 1.82) is 0 Å². The van der Waals surface area contributed by atoms with Crippen LogP contribution in [0, 0.1) is 0 Å². The van der Waals surface area contributed by atoms with Crippen LogP contribution in [-0.4, -0.2) is 21.7 Å². The van der Waals surface area contributed by atoms with Gasteiger partial charge in [-0.2, -0.15) is 0 Å². The van der Waals surface area contributed by atoms with E-state index in [-0.39, 0.29) is 5.56 Å². The van der Waals surface area contributed by atoms with E-state index in [1.165, 1.54) is 0 Å². The summed E-state index contributed by atoms with van der Waals surface area (Å²) < 4.78 is 6.08. The fourth-order valence-electron chi connectivity index (χ4n) is 2.45. The maximum Gasteiger partial charge on any atom is 0.412 e. The molecule has 0 radical (unpaired) electrons. The third-order valence-corrected chi connectivity index (χ3v) is 3.98. The molecule has 6 nitrogen and oxygen atoms in total. The third kappa shape index (κ3) is 4.11. The van der Waals surface area contributed by atoms with Gasteiger partial charge in [-0.3, -0.25) is 10.1 Å². The largest absolute Gasteiger partial charge is 0.444 e. The zero-order valence-corrected chi connectivity index (χ0v) is 16.2. The number of hydrogen-bond donors (Lipinski definition) is 2. The fraction of sp³-hybridized carbons (Fsp3) is 0.211. The highest BCUT2D eigenvalue weighted by Gasteiger charge is 2.18. The number of H-pyrrole nitrogens is 1. The quantitative estimate of drug-likeness (QED) is 0.634. The molecule has 0 atom stereocenters. The molecule has 2 aromatic carbocycles. The van der Waals surface area contributed by atoms with E-state index in [1.807, 2.05) is 12.1 Å². The Morgan fingerprint density at radius 3 is 2.65 bits per heavy atom. The molecule has 0 saturated heterocycles. The minimum absolute atomic E-state index is 0.239. The van der Waals surface area contributed by atoms with Gasteiger partial charge in [-0.25, -0.2) is 9.78 Å². The monoisotopic (exact) mass is 415 g/mol. The highest BCUT2D eigenvalue weighted by molar-refractivity contribution is 9.10. The lowest BCUT2D eigenvalue weighted by Crippen LogP contribution is -2.27. The lowest BCUT2D eigenvalue weighted by molar-refractivity contribution is 0.0636. The first-order chi connectivity index (χ1) is 12.2. The molecule has 3 rings (SSSR count). The number of fused-ring (bicyclic) bond motifs is 1. The fourth-order valence-corrected chi connectivity index (χ4v) is 2.82. The predicted octanol–water partition coefficient (Wildman–Crippen LogP) is 4.70. The Labute approximate surface area is 158 Å². The average molecular weight is 416 g/mol. The van der Waals surface area contributed by atoms with Crippen molar-refractivity contribution in [3.63, 3.8) is 0 Å². The van der Waals surface area contributed by atoms with Gasteiger partial charge in [-0.1, -0.05) is 28.1 Å². The summed E-state index contributed by atoms with van der Waals surface area (Å²) in [6.07, 6.45) is -0.583. The van der Waals surface area contributed by atoms with Gasteiger partial charge in [-0.15, -0.1) is 0 Å². The summed E-state index contributed by atoms with van der Waals surface area (Å²) in [5.41, 5.74) is 0.786. The molecule has 3 aromatic rings. The van der Waals surface area contributed by atoms with E-state index >= 15 is 0 Å². The molecular formula is C19H18BrN3O3. The molecular weight excluding hydrogens is 398 g/mol. The molecule has 0 spiro atoms. The predicted molar refractivity (Wildman–Crippen MR) is 105 cm³/mol. The van der Waals surface area contributed by atoms with Crippen LogP contribution in [0.5, 0.6) is 0 Å². The summed E-state index contributed by atoms with van der Waals surface area (Å²) in [6.45, 7) is 5.37. The number of carbonyl (C=O) groups excluding carboxylic acids is 1. The number of nitrogens with zero attached hydrogens (tertiary/aromatic N) is 1. The Balaban J connectivity index is 2.06. The summed E-state index contributed by atoms with van der Waals surface area (Å²) >= 11 is 3.39. The number of benzene rings is 2. The second kappa shape index (κ2) is 6.92. The molecule has 1 amide bonds. The molecule has 134 valence electrons. The van der Waals surface area contributed by atoms with Gasteiger partial charge in [0.15, 0.2) is 0 Å². The standard InChI is InChI=1S/C19H18BrN3O3/c1-19(2,3)26-18(25)22-15-10-11(20)8-9-12(15)16-21-14-7-5-4-6-13(14)17(24)23-16/h4-10H,1-3H3,(H,22,25)(H,21,23,24). The number of hydrogen-bond acceptors (Lipinski definition) is 4. The van der Waals surface area contributed by atoms with E-state index in [2.05, 4.69) is 31.2 Å². The van der Waals surface area contributed by atoms with Gasteiger partial charge in [0.2, 0.25) is 0 Å². The smallest absolute Gasteiger partial charge is 0.412 e. The van der Waals surface area contributed by atoms with E-state index in [9.17, 15) is 9.59 Å². The minimum atomic E-state index is -0.619. The van der Waals surface area contributed by atoms with E-state index in [0.717, 1.165) is 4.47 Å². The van der Waals surface area contributed by atoms with E-state index in [4.69, 9.17) is 4.74 Å². The summed E-state index contributed by atoms with van der Waals surface area (Å²) in [6, 6.07) is 12.4. The molecule has 0 aliphatic carbocycles. The Morgan fingerprint density at radius 1 is 1.19 bits per heavy atom. The van der Waals surface area contributed by atoms with Crippen LogP contribution in [0.4, 0.5) is 10.5 Å². The molecule has 2 N–H and O–H groups in total. The van der Waals surface area contributed by atoms with Crippen LogP contribution in [0.3, 0.4) is 0 Å². The Hall–Kier alpha value is -2.67. The van der Waals surface area contributed by atoms with Crippen molar-refractivity contribution < 1.29 is 9.53 Å². The number of amides is 1. The highest BCUT2D eigenvalue weighted by Crippen LogP contribution is 2.29. The Bertz CT molecular complexity index is 1040. The van der Waals surface area contributed by atoms with Crippen LogP contribution < -0.4 is 10.9 Å². The first-order valence-electron chi connectivity index (χ1n) is 8.02. The van der Waals surface area contributed by atoms with Crippen molar-refractivity contribution in [2.24, 2.45) is 0 Å². The number of carbonyl (C=O) groups is 1. The van der Waals surface area contributed by atoms with Crippen LogP contribution in [0.2, 0.25) is 0 Å². The maximum absolute atomic E-state index is 12.3. The first-order valence-corrected chi connectivity index (χ1v) is 8.81. The van der Waals surface area contributed by atoms with Gasteiger partial charge >= 0.3 is 6.09 Å². The van der Waals surface area contributed by atoms with Crippen LogP contribution in [0.1, 0.15) is 20.8 Å². The Morgan fingerprint density at radius 2 is 1.92 bits per heavy atom. The van der Waals surface area contributed by atoms with Crippen LogP contribution in [0.25, 0.3) is 22.3 Å². The number of aromatic nitrogens is 2. The maximum atomic E-state index is 12.3.